The highest BCUT2D eigenvalue weighted by Gasteiger charge is 2.15. The molecule has 1 amide bonds. The summed E-state index contributed by atoms with van der Waals surface area (Å²) in [7, 11) is 0. The zero-order valence-electron chi connectivity index (χ0n) is 20.0. The summed E-state index contributed by atoms with van der Waals surface area (Å²) in [4.78, 5) is 17.1. The number of phenols is 1. The van der Waals surface area contributed by atoms with Crippen LogP contribution in [0.4, 0.5) is 5.69 Å². The number of hydrogen-bond donors (Lipinski definition) is 3. The molecule has 35 heavy (non-hydrogen) atoms. The van der Waals surface area contributed by atoms with Crippen molar-refractivity contribution in [3.8, 4) is 23.0 Å². The van der Waals surface area contributed by atoms with Crippen molar-refractivity contribution < 1.29 is 19.1 Å². The Kier molecular flexibility index (Phi) is 7.02. The largest absolute Gasteiger partial charge is 0.507 e. The van der Waals surface area contributed by atoms with Crippen LogP contribution in [-0.4, -0.2) is 27.7 Å². The van der Waals surface area contributed by atoms with Gasteiger partial charge in [0.25, 0.3) is 5.91 Å². The van der Waals surface area contributed by atoms with Crippen LogP contribution in [0.2, 0.25) is 0 Å². The number of ether oxygens (including phenoxy) is 1. The van der Waals surface area contributed by atoms with E-state index >= 15 is 0 Å². The number of benzene rings is 3. The van der Waals surface area contributed by atoms with Crippen molar-refractivity contribution >= 4 is 40.0 Å². The standard InChI is InChI=1S/C27H27N3O4S/c1-15(2)14-33-20-7-5-6-18(12-20)25(32)30-27(35)28-19-8-9-21(23(31)13-19)26-29-22-11-16(3)10-17(4)24(22)34-26/h5-13,15,31H,14H2,1-4H3,(H2,28,30,32,35). The van der Waals surface area contributed by atoms with E-state index in [2.05, 4.69) is 29.5 Å². The van der Waals surface area contributed by atoms with Gasteiger partial charge in [-0.2, -0.15) is 0 Å². The van der Waals surface area contributed by atoms with Crippen molar-refractivity contribution in [2.75, 3.05) is 11.9 Å². The van der Waals surface area contributed by atoms with Crippen LogP contribution in [-0.2, 0) is 0 Å². The van der Waals surface area contributed by atoms with Crippen molar-refractivity contribution in [3.05, 3.63) is 71.3 Å². The van der Waals surface area contributed by atoms with Crippen molar-refractivity contribution in [1.82, 2.24) is 10.3 Å². The van der Waals surface area contributed by atoms with Crippen LogP contribution in [0, 0.1) is 19.8 Å². The predicted molar refractivity (Wildman–Crippen MR) is 141 cm³/mol. The molecule has 0 saturated carbocycles. The van der Waals surface area contributed by atoms with E-state index in [4.69, 9.17) is 21.4 Å². The molecule has 8 heteroatoms. The molecule has 0 aliphatic heterocycles. The van der Waals surface area contributed by atoms with Gasteiger partial charge in [-0.15, -0.1) is 0 Å². The smallest absolute Gasteiger partial charge is 0.257 e. The van der Waals surface area contributed by atoms with Crippen LogP contribution in [0.25, 0.3) is 22.6 Å². The Morgan fingerprint density at radius 1 is 1.14 bits per heavy atom. The second kappa shape index (κ2) is 10.1. The summed E-state index contributed by atoms with van der Waals surface area (Å²) >= 11 is 5.28. The summed E-state index contributed by atoms with van der Waals surface area (Å²) in [5.41, 5.74) is 4.89. The summed E-state index contributed by atoms with van der Waals surface area (Å²) in [6, 6.07) is 15.8. The Balaban J connectivity index is 1.43. The SMILES string of the molecule is Cc1cc(C)c2oc(-c3ccc(NC(=S)NC(=O)c4cccc(OCC(C)C)c4)cc3O)nc2c1. The van der Waals surface area contributed by atoms with E-state index in [1.165, 1.54) is 6.07 Å². The Hall–Kier alpha value is -3.91. The lowest BCUT2D eigenvalue weighted by Crippen LogP contribution is -2.34. The van der Waals surface area contributed by atoms with Crippen molar-refractivity contribution in [2.45, 2.75) is 27.7 Å². The number of oxazole rings is 1. The average Bonchev–Trinajstić information content (AvgIpc) is 3.22. The first-order valence-electron chi connectivity index (χ1n) is 11.3. The predicted octanol–water partition coefficient (Wildman–Crippen LogP) is 5.98. The highest BCUT2D eigenvalue weighted by Crippen LogP contribution is 2.34. The summed E-state index contributed by atoms with van der Waals surface area (Å²) in [5, 5.41) is 16.3. The normalized spacial score (nSPS) is 11.0. The lowest BCUT2D eigenvalue weighted by atomic mass is 10.1. The molecule has 3 N–H and O–H groups in total. The molecule has 0 atom stereocenters. The van der Waals surface area contributed by atoms with Gasteiger partial charge >= 0.3 is 0 Å². The van der Waals surface area contributed by atoms with Crippen LogP contribution >= 0.6 is 12.2 Å². The highest BCUT2D eigenvalue weighted by atomic mass is 32.1. The minimum Gasteiger partial charge on any atom is -0.507 e. The van der Waals surface area contributed by atoms with Gasteiger partial charge in [0, 0.05) is 17.3 Å². The van der Waals surface area contributed by atoms with Crippen LogP contribution in [0.15, 0.2) is 59.0 Å². The van der Waals surface area contributed by atoms with E-state index < -0.39 is 0 Å². The quantitative estimate of drug-likeness (QED) is 0.287. The van der Waals surface area contributed by atoms with Crippen LogP contribution in [0.3, 0.4) is 0 Å². The molecule has 0 aliphatic carbocycles. The number of aryl methyl sites for hydroxylation is 2. The van der Waals surface area contributed by atoms with Gasteiger partial charge in [-0.1, -0.05) is 26.0 Å². The minimum absolute atomic E-state index is 0.0277. The Bertz CT molecular complexity index is 1410. The maximum atomic E-state index is 12.6. The van der Waals surface area contributed by atoms with Crippen LogP contribution < -0.4 is 15.4 Å². The molecule has 4 rings (SSSR count). The molecule has 4 aromatic rings. The first kappa shape index (κ1) is 24.2. The number of anilines is 1. The Morgan fingerprint density at radius 3 is 2.69 bits per heavy atom. The molecule has 1 aromatic heterocycles. The van der Waals surface area contributed by atoms with Gasteiger partial charge in [-0.3, -0.25) is 10.1 Å². The zero-order valence-corrected chi connectivity index (χ0v) is 20.8. The zero-order chi connectivity index (χ0) is 25.1. The maximum Gasteiger partial charge on any atom is 0.257 e. The monoisotopic (exact) mass is 489 g/mol. The van der Waals surface area contributed by atoms with Gasteiger partial charge in [0.2, 0.25) is 5.89 Å². The molecule has 7 nitrogen and oxygen atoms in total. The third-order valence-electron chi connectivity index (χ3n) is 5.21. The average molecular weight is 490 g/mol. The van der Waals surface area contributed by atoms with E-state index in [1.807, 2.05) is 26.0 Å². The fourth-order valence-electron chi connectivity index (χ4n) is 3.61. The number of carbonyl (C=O) groups excluding carboxylic acids is 1. The number of nitrogens with one attached hydrogen (secondary N) is 2. The number of rotatable bonds is 6. The fraction of sp³-hybridized carbons (Fsp3) is 0.222. The number of phenolic OH excluding ortho intramolecular Hbond substituents is 1. The summed E-state index contributed by atoms with van der Waals surface area (Å²) in [6.45, 7) is 8.63. The second-order valence-corrected chi connectivity index (χ2v) is 9.23. The number of carbonyl (C=O) groups is 1. The van der Waals surface area contributed by atoms with Gasteiger partial charge in [0.05, 0.1) is 12.2 Å². The molecule has 1 heterocycles. The fourth-order valence-corrected chi connectivity index (χ4v) is 3.82. The molecule has 0 fully saturated rings. The van der Waals surface area contributed by atoms with Crippen LogP contribution in [0.5, 0.6) is 11.5 Å². The van der Waals surface area contributed by atoms with E-state index in [0.717, 1.165) is 16.6 Å². The molecule has 0 aliphatic rings. The van der Waals surface area contributed by atoms with E-state index in [-0.39, 0.29) is 16.8 Å². The molecule has 3 aromatic carbocycles. The Labute approximate surface area is 209 Å². The number of aromatic nitrogens is 1. The molecule has 180 valence electrons. The number of thiocarbonyl (C=S) groups is 1. The summed E-state index contributed by atoms with van der Waals surface area (Å²) < 4.78 is 11.6. The second-order valence-electron chi connectivity index (χ2n) is 8.82. The summed E-state index contributed by atoms with van der Waals surface area (Å²) in [6.07, 6.45) is 0. The first-order chi connectivity index (χ1) is 16.7. The number of nitrogens with zero attached hydrogens (tertiary/aromatic N) is 1. The molecular weight excluding hydrogens is 462 g/mol. The maximum absolute atomic E-state index is 12.6. The van der Waals surface area contributed by atoms with Crippen LogP contribution in [0.1, 0.15) is 35.3 Å². The van der Waals surface area contributed by atoms with Gasteiger partial charge in [0.15, 0.2) is 10.7 Å². The van der Waals surface area contributed by atoms with Crippen molar-refractivity contribution in [2.24, 2.45) is 5.92 Å². The molecule has 0 radical (unpaired) electrons. The third-order valence-corrected chi connectivity index (χ3v) is 5.42. The highest BCUT2D eigenvalue weighted by molar-refractivity contribution is 7.80. The van der Waals surface area contributed by atoms with Gasteiger partial charge in [-0.05, 0) is 79.5 Å². The van der Waals surface area contributed by atoms with Gasteiger partial charge in [-0.25, -0.2) is 4.98 Å². The molecule has 0 saturated heterocycles. The number of amides is 1. The summed E-state index contributed by atoms with van der Waals surface area (Å²) in [5.74, 6) is 0.932. The first-order valence-corrected chi connectivity index (χ1v) is 11.7. The molecule has 0 unspecified atom stereocenters. The lowest BCUT2D eigenvalue weighted by molar-refractivity contribution is 0.0977. The molecular formula is C27H27N3O4S. The number of fused-ring (bicyclic) bond motifs is 1. The van der Waals surface area contributed by atoms with Gasteiger partial charge in [0.1, 0.15) is 17.0 Å². The van der Waals surface area contributed by atoms with E-state index in [0.29, 0.717) is 46.6 Å². The molecule has 0 spiro atoms. The van der Waals surface area contributed by atoms with E-state index in [1.54, 1.807) is 36.4 Å². The minimum atomic E-state index is -0.365. The van der Waals surface area contributed by atoms with E-state index in [9.17, 15) is 9.90 Å². The topological polar surface area (TPSA) is 96.6 Å². The molecule has 0 bridgehead atoms. The lowest BCUT2D eigenvalue weighted by Gasteiger charge is -2.12. The number of hydrogen-bond acceptors (Lipinski definition) is 6. The number of aromatic hydroxyl groups is 1. The van der Waals surface area contributed by atoms with Crippen molar-refractivity contribution in [1.29, 1.82) is 0 Å². The Morgan fingerprint density at radius 2 is 1.94 bits per heavy atom. The van der Waals surface area contributed by atoms with Crippen molar-refractivity contribution in [3.63, 3.8) is 0 Å². The third kappa shape index (κ3) is 5.78. The van der Waals surface area contributed by atoms with Gasteiger partial charge < -0.3 is 19.6 Å².